The van der Waals surface area contributed by atoms with Crippen LogP contribution in [0, 0.1) is 5.92 Å². The summed E-state index contributed by atoms with van der Waals surface area (Å²) in [6.45, 7) is 15.2. The minimum atomic E-state index is -1.90. The molecular formula is C22H33NO3Si. The second-order valence-electron chi connectivity index (χ2n) is 9.30. The van der Waals surface area contributed by atoms with Crippen molar-refractivity contribution in [3.63, 3.8) is 0 Å². The molecule has 0 aromatic heterocycles. The molecule has 5 heteroatoms. The van der Waals surface area contributed by atoms with Crippen LogP contribution >= 0.6 is 0 Å². The topological polar surface area (TPSA) is 38.8 Å². The van der Waals surface area contributed by atoms with Crippen molar-refractivity contribution in [2.45, 2.75) is 64.6 Å². The summed E-state index contributed by atoms with van der Waals surface area (Å²) in [7, 11) is -1.90. The quantitative estimate of drug-likeness (QED) is 0.396. The Hall–Kier alpha value is -1.43. The number of amides is 1. The van der Waals surface area contributed by atoms with Crippen LogP contribution in [0.5, 0.6) is 0 Å². The lowest BCUT2D eigenvalue weighted by molar-refractivity contribution is -0.157. The molecule has 3 rings (SSSR count). The molecule has 0 bridgehead atoms. The van der Waals surface area contributed by atoms with Crippen LogP contribution in [0.3, 0.4) is 0 Å². The summed E-state index contributed by atoms with van der Waals surface area (Å²) in [5, 5.41) is 0.140. The van der Waals surface area contributed by atoms with Gasteiger partial charge in [-0.3, -0.25) is 4.79 Å². The molecule has 1 aromatic rings. The zero-order valence-corrected chi connectivity index (χ0v) is 18.5. The highest BCUT2D eigenvalue weighted by Crippen LogP contribution is 2.43. The molecule has 2 heterocycles. The Morgan fingerprint density at radius 1 is 1.19 bits per heavy atom. The van der Waals surface area contributed by atoms with E-state index < -0.39 is 8.32 Å². The Bertz CT molecular complexity index is 708. The highest BCUT2D eigenvalue weighted by molar-refractivity contribution is 6.74. The van der Waals surface area contributed by atoms with Gasteiger partial charge in [0.05, 0.1) is 31.3 Å². The molecule has 1 aromatic carbocycles. The number of carbonyl (C=O) groups is 1. The third-order valence-corrected chi connectivity index (χ3v) is 10.9. The third kappa shape index (κ3) is 4.05. The van der Waals surface area contributed by atoms with Crippen LogP contribution < -0.4 is 0 Å². The zero-order valence-electron chi connectivity index (χ0n) is 17.5. The number of nitrogens with zero attached hydrogens (tertiary/aromatic N) is 1. The summed E-state index contributed by atoms with van der Waals surface area (Å²) >= 11 is 0. The van der Waals surface area contributed by atoms with Crippen molar-refractivity contribution in [2.24, 2.45) is 5.92 Å². The summed E-state index contributed by atoms with van der Waals surface area (Å²) in [6, 6.07) is 10.3. The monoisotopic (exact) mass is 387 g/mol. The van der Waals surface area contributed by atoms with Crippen molar-refractivity contribution in [2.75, 3.05) is 13.2 Å². The molecule has 0 radical (unpaired) electrons. The number of hydrogen-bond donors (Lipinski definition) is 0. The van der Waals surface area contributed by atoms with Crippen LogP contribution in [-0.4, -0.2) is 44.4 Å². The van der Waals surface area contributed by atoms with E-state index in [0.29, 0.717) is 19.8 Å². The Morgan fingerprint density at radius 2 is 1.85 bits per heavy atom. The molecule has 27 heavy (non-hydrogen) atoms. The molecule has 0 aliphatic carbocycles. The lowest BCUT2D eigenvalue weighted by Gasteiger charge is -2.49. The summed E-state index contributed by atoms with van der Waals surface area (Å²) < 4.78 is 12.5. The first kappa shape index (κ1) is 20.3. The molecule has 4 nitrogen and oxygen atoms in total. The van der Waals surface area contributed by atoms with Crippen LogP contribution in [-0.2, 0) is 20.6 Å². The van der Waals surface area contributed by atoms with Crippen molar-refractivity contribution in [3.8, 4) is 0 Å². The summed E-state index contributed by atoms with van der Waals surface area (Å²) in [5.41, 5.74) is 2.39. The van der Waals surface area contributed by atoms with Crippen LogP contribution in [0.4, 0.5) is 0 Å². The Kier molecular flexibility index (Phi) is 5.66. The van der Waals surface area contributed by atoms with E-state index in [9.17, 15) is 4.79 Å². The third-order valence-electron chi connectivity index (χ3n) is 6.35. The van der Waals surface area contributed by atoms with E-state index in [1.807, 2.05) is 23.1 Å². The molecule has 2 aliphatic rings. The van der Waals surface area contributed by atoms with Crippen molar-refractivity contribution in [3.05, 3.63) is 47.5 Å². The van der Waals surface area contributed by atoms with Gasteiger partial charge in [0.1, 0.15) is 0 Å². The van der Waals surface area contributed by atoms with Crippen molar-refractivity contribution >= 4 is 14.2 Å². The van der Waals surface area contributed by atoms with Gasteiger partial charge in [-0.25, -0.2) is 0 Å². The Balaban J connectivity index is 1.59. The van der Waals surface area contributed by atoms with Crippen LogP contribution in [0.2, 0.25) is 18.1 Å². The maximum absolute atomic E-state index is 12.6. The molecule has 0 spiro atoms. The maximum atomic E-state index is 12.6. The van der Waals surface area contributed by atoms with E-state index in [2.05, 4.69) is 59.0 Å². The standard InChI is InChI=1S/C22H33NO3Si/c1-16(26-27(5,6)22(2,3)4)19-20-18(12-13-23(20)21(19)24)15-25-14-17-10-8-7-9-11-17/h7-12,16,19-20H,13-15H2,1-6H3/t16-,19-,20-/m1/s1. The molecular weight excluding hydrogens is 354 g/mol. The number of fused-ring (bicyclic) bond motifs is 1. The lowest BCUT2D eigenvalue weighted by Crippen LogP contribution is -2.64. The van der Waals surface area contributed by atoms with E-state index >= 15 is 0 Å². The van der Waals surface area contributed by atoms with Gasteiger partial charge in [0.25, 0.3) is 0 Å². The van der Waals surface area contributed by atoms with E-state index in [1.165, 1.54) is 11.1 Å². The molecule has 3 atom stereocenters. The second-order valence-corrected chi connectivity index (χ2v) is 14.1. The van der Waals surface area contributed by atoms with Gasteiger partial charge in [0, 0.05) is 6.54 Å². The SMILES string of the molecule is C[C@@H](O[Si](C)(C)C(C)(C)C)[C@H]1C(=O)N2CC=C(COCc3ccccc3)[C@H]12. The van der Waals surface area contributed by atoms with E-state index in [0.717, 1.165) is 0 Å². The molecule has 0 saturated carbocycles. The van der Waals surface area contributed by atoms with Gasteiger partial charge in [-0.05, 0) is 36.2 Å². The molecule has 1 amide bonds. The normalized spacial score (nSPS) is 23.7. The fraction of sp³-hybridized carbons (Fsp3) is 0.591. The van der Waals surface area contributed by atoms with Crippen LogP contribution in [0.25, 0.3) is 0 Å². The van der Waals surface area contributed by atoms with E-state index in [1.54, 1.807) is 0 Å². The van der Waals surface area contributed by atoms with Gasteiger partial charge in [0.2, 0.25) is 5.91 Å². The van der Waals surface area contributed by atoms with Gasteiger partial charge in [-0.2, -0.15) is 0 Å². The fourth-order valence-electron chi connectivity index (χ4n) is 3.72. The predicted octanol–water partition coefficient (Wildman–Crippen LogP) is 4.38. The zero-order chi connectivity index (χ0) is 19.8. The molecule has 2 aliphatic heterocycles. The molecule has 1 fully saturated rings. The molecule has 1 saturated heterocycles. The van der Waals surface area contributed by atoms with Crippen molar-refractivity contribution < 1.29 is 14.0 Å². The Labute approximate surface area is 164 Å². The first-order valence-electron chi connectivity index (χ1n) is 9.91. The Morgan fingerprint density at radius 3 is 2.48 bits per heavy atom. The van der Waals surface area contributed by atoms with Crippen LogP contribution in [0.1, 0.15) is 33.3 Å². The average molecular weight is 388 g/mol. The minimum Gasteiger partial charge on any atom is -0.413 e. The fourth-order valence-corrected chi connectivity index (χ4v) is 5.15. The van der Waals surface area contributed by atoms with Crippen molar-refractivity contribution in [1.82, 2.24) is 4.90 Å². The summed E-state index contributed by atoms with van der Waals surface area (Å²) in [5.74, 6) is 0.147. The second kappa shape index (κ2) is 7.53. The van der Waals surface area contributed by atoms with E-state index in [4.69, 9.17) is 9.16 Å². The highest BCUT2D eigenvalue weighted by atomic mass is 28.4. The summed E-state index contributed by atoms with van der Waals surface area (Å²) in [4.78, 5) is 14.6. The number of benzene rings is 1. The van der Waals surface area contributed by atoms with Gasteiger partial charge >= 0.3 is 0 Å². The van der Waals surface area contributed by atoms with Gasteiger partial charge in [-0.1, -0.05) is 57.2 Å². The average Bonchev–Trinajstić information content (AvgIpc) is 2.93. The summed E-state index contributed by atoms with van der Waals surface area (Å²) in [6.07, 6.45) is 2.10. The van der Waals surface area contributed by atoms with Crippen molar-refractivity contribution in [1.29, 1.82) is 0 Å². The largest absolute Gasteiger partial charge is 0.413 e. The predicted molar refractivity (Wildman–Crippen MR) is 111 cm³/mol. The lowest BCUT2D eigenvalue weighted by atomic mass is 9.81. The first-order chi connectivity index (χ1) is 12.6. The van der Waals surface area contributed by atoms with Gasteiger partial charge in [-0.15, -0.1) is 0 Å². The maximum Gasteiger partial charge on any atom is 0.231 e. The minimum absolute atomic E-state index is 0.0599. The van der Waals surface area contributed by atoms with Gasteiger partial charge in [0.15, 0.2) is 8.32 Å². The van der Waals surface area contributed by atoms with E-state index in [-0.39, 0.29) is 29.0 Å². The van der Waals surface area contributed by atoms with Gasteiger partial charge < -0.3 is 14.1 Å². The highest BCUT2D eigenvalue weighted by Gasteiger charge is 2.55. The number of hydrogen-bond acceptors (Lipinski definition) is 3. The number of carbonyl (C=O) groups excluding carboxylic acids is 1. The molecule has 0 unspecified atom stereocenters. The smallest absolute Gasteiger partial charge is 0.231 e. The van der Waals surface area contributed by atoms with Crippen LogP contribution in [0.15, 0.2) is 42.0 Å². The molecule has 0 N–H and O–H groups in total. The number of rotatable bonds is 7. The first-order valence-corrected chi connectivity index (χ1v) is 12.8. The number of ether oxygens (including phenoxy) is 1. The number of β-lactam (4-membered cyclic amide) rings is 1. The molecule has 148 valence electrons.